The van der Waals surface area contributed by atoms with Crippen molar-refractivity contribution in [3.8, 4) is 0 Å². The van der Waals surface area contributed by atoms with Crippen LogP contribution in [0.4, 0.5) is 0 Å². The zero-order chi connectivity index (χ0) is 11.7. The molecule has 88 valence electrons. The van der Waals surface area contributed by atoms with Crippen LogP contribution >= 0.6 is 15.9 Å². The number of alkyl halides is 1. The van der Waals surface area contributed by atoms with Crippen molar-refractivity contribution in [2.45, 2.75) is 30.5 Å². The maximum absolute atomic E-state index is 3.74. The zero-order valence-electron chi connectivity index (χ0n) is 9.90. The van der Waals surface area contributed by atoms with Gasteiger partial charge in [-0.1, -0.05) is 58.4 Å². The third-order valence-electron chi connectivity index (χ3n) is 3.87. The summed E-state index contributed by atoms with van der Waals surface area (Å²) in [5, 5.41) is 2.81. The molecule has 1 aliphatic rings. The van der Waals surface area contributed by atoms with Gasteiger partial charge in [0.1, 0.15) is 0 Å². The first-order chi connectivity index (χ1) is 8.33. The third-order valence-corrected chi connectivity index (χ3v) is 4.70. The lowest BCUT2D eigenvalue weighted by Crippen LogP contribution is -2.00. The molecule has 1 fully saturated rings. The highest BCUT2D eigenvalue weighted by atomic mass is 79.9. The average molecular weight is 289 g/mol. The quantitative estimate of drug-likeness (QED) is 0.686. The lowest BCUT2D eigenvalue weighted by Gasteiger charge is -2.11. The molecule has 17 heavy (non-hydrogen) atoms. The van der Waals surface area contributed by atoms with Crippen LogP contribution in [-0.4, -0.2) is 4.83 Å². The highest BCUT2D eigenvalue weighted by Gasteiger charge is 2.22. The van der Waals surface area contributed by atoms with Gasteiger partial charge in [0, 0.05) is 4.83 Å². The molecule has 0 amide bonds. The van der Waals surface area contributed by atoms with Gasteiger partial charge in [-0.2, -0.15) is 0 Å². The van der Waals surface area contributed by atoms with Crippen LogP contribution in [0, 0.1) is 5.92 Å². The molecule has 2 aromatic carbocycles. The summed E-state index contributed by atoms with van der Waals surface area (Å²) in [5.41, 5.74) is 1.52. The van der Waals surface area contributed by atoms with Gasteiger partial charge in [0.05, 0.1) is 0 Å². The predicted molar refractivity (Wildman–Crippen MR) is 77.7 cm³/mol. The van der Waals surface area contributed by atoms with E-state index in [0.717, 1.165) is 10.7 Å². The molecule has 0 N–H and O–H groups in total. The van der Waals surface area contributed by atoms with Crippen LogP contribution < -0.4 is 0 Å². The van der Waals surface area contributed by atoms with Crippen molar-refractivity contribution >= 4 is 26.7 Å². The minimum atomic E-state index is 0.752. The number of benzene rings is 2. The summed E-state index contributed by atoms with van der Waals surface area (Å²) < 4.78 is 0. The van der Waals surface area contributed by atoms with Crippen LogP contribution in [0.5, 0.6) is 0 Å². The number of halogens is 1. The molecule has 1 aliphatic carbocycles. The molecule has 2 aromatic rings. The standard InChI is InChI=1S/C16H17Br/c17-15-9-8-12(11-15)10-14-6-3-5-13-4-1-2-7-16(13)14/h1-7,12,15H,8-11H2. The number of hydrogen-bond acceptors (Lipinski definition) is 0. The minimum Gasteiger partial charge on any atom is -0.0891 e. The fraction of sp³-hybridized carbons (Fsp3) is 0.375. The van der Waals surface area contributed by atoms with Gasteiger partial charge < -0.3 is 0 Å². The molecule has 1 heteroatoms. The summed E-state index contributed by atoms with van der Waals surface area (Å²) in [5.74, 6) is 0.866. The molecule has 1 saturated carbocycles. The Kier molecular flexibility index (Phi) is 3.19. The van der Waals surface area contributed by atoms with Crippen LogP contribution in [0.3, 0.4) is 0 Å². The van der Waals surface area contributed by atoms with Crippen molar-refractivity contribution in [2.24, 2.45) is 5.92 Å². The molecular formula is C16H17Br. The predicted octanol–water partition coefficient (Wildman–Crippen LogP) is 4.95. The zero-order valence-corrected chi connectivity index (χ0v) is 11.5. The summed E-state index contributed by atoms with van der Waals surface area (Å²) in [6.07, 6.45) is 5.29. The van der Waals surface area contributed by atoms with E-state index < -0.39 is 0 Å². The Morgan fingerprint density at radius 3 is 2.65 bits per heavy atom. The molecular weight excluding hydrogens is 272 g/mol. The summed E-state index contributed by atoms with van der Waals surface area (Å²) in [6, 6.07) is 15.4. The second kappa shape index (κ2) is 4.81. The van der Waals surface area contributed by atoms with E-state index in [1.165, 1.54) is 42.0 Å². The van der Waals surface area contributed by atoms with Gasteiger partial charge in [0.15, 0.2) is 0 Å². The fourth-order valence-electron chi connectivity index (χ4n) is 2.98. The lowest BCUT2D eigenvalue weighted by atomic mass is 9.94. The monoisotopic (exact) mass is 288 g/mol. The Bertz CT molecular complexity index is 512. The first-order valence-corrected chi connectivity index (χ1v) is 7.35. The highest BCUT2D eigenvalue weighted by molar-refractivity contribution is 9.09. The molecule has 0 nitrogen and oxygen atoms in total. The van der Waals surface area contributed by atoms with Crippen LogP contribution in [-0.2, 0) is 6.42 Å². The Labute approximate surface area is 111 Å². The molecule has 0 spiro atoms. The van der Waals surface area contributed by atoms with Crippen molar-refractivity contribution in [3.05, 3.63) is 48.0 Å². The molecule has 3 rings (SSSR count). The molecule has 2 atom stereocenters. The van der Waals surface area contributed by atoms with Gasteiger partial charge in [0.2, 0.25) is 0 Å². The fourth-order valence-corrected chi connectivity index (χ4v) is 3.77. The van der Waals surface area contributed by atoms with Crippen LogP contribution in [0.25, 0.3) is 10.8 Å². The Morgan fingerprint density at radius 1 is 1.00 bits per heavy atom. The summed E-state index contributed by atoms with van der Waals surface area (Å²) >= 11 is 3.74. The maximum atomic E-state index is 3.74. The normalized spacial score (nSPS) is 24.3. The number of fused-ring (bicyclic) bond motifs is 1. The van der Waals surface area contributed by atoms with Crippen LogP contribution in [0.2, 0.25) is 0 Å². The van der Waals surface area contributed by atoms with Crippen LogP contribution in [0.1, 0.15) is 24.8 Å². The molecule has 0 radical (unpaired) electrons. The van der Waals surface area contributed by atoms with Gasteiger partial charge in [-0.15, -0.1) is 0 Å². The van der Waals surface area contributed by atoms with E-state index in [0.29, 0.717) is 0 Å². The number of hydrogen-bond donors (Lipinski definition) is 0. The third kappa shape index (κ3) is 2.40. The molecule has 0 aliphatic heterocycles. The molecule has 0 aromatic heterocycles. The summed E-state index contributed by atoms with van der Waals surface area (Å²) in [4.78, 5) is 0.752. The van der Waals surface area contributed by atoms with E-state index in [4.69, 9.17) is 0 Å². The van der Waals surface area contributed by atoms with Gasteiger partial charge in [0.25, 0.3) is 0 Å². The first-order valence-electron chi connectivity index (χ1n) is 6.43. The average Bonchev–Trinajstić information content (AvgIpc) is 2.75. The first kappa shape index (κ1) is 11.3. The largest absolute Gasteiger partial charge is 0.0891 e. The van der Waals surface area contributed by atoms with E-state index >= 15 is 0 Å². The molecule has 0 saturated heterocycles. The molecule has 0 heterocycles. The maximum Gasteiger partial charge on any atom is 0.0148 e. The van der Waals surface area contributed by atoms with E-state index in [-0.39, 0.29) is 0 Å². The van der Waals surface area contributed by atoms with E-state index in [2.05, 4.69) is 58.4 Å². The van der Waals surface area contributed by atoms with Gasteiger partial charge in [-0.05, 0) is 47.9 Å². The summed E-state index contributed by atoms with van der Waals surface area (Å²) in [6.45, 7) is 0. The Morgan fingerprint density at radius 2 is 1.82 bits per heavy atom. The van der Waals surface area contributed by atoms with Crippen molar-refractivity contribution < 1.29 is 0 Å². The second-order valence-electron chi connectivity index (χ2n) is 5.12. The smallest absolute Gasteiger partial charge is 0.0148 e. The molecule has 2 unspecified atom stereocenters. The van der Waals surface area contributed by atoms with Gasteiger partial charge in [-0.3, -0.25) is 0 Å². The second-order valence-corrected chi connectivity index (χ2v) is 6.41. The van der Waals surface area contributed by atoms with Gasteiger partial charge in [-0.25, -0.2) is 0 Å². The summed E-state index contributed by atoms with van der Waals surface area (Å²) in [7, 11) is 0. The van der Waals surface area contributed by atoms with Crippen molar-refractivity contribution in [1.82, 2.24) is 0 Å². The van der Waals surface area contributed by atoms with Crippen molar-refractivity contribution in [2.75, 3.05) is 0 Å². The van der Waals surface area contributed by atoms with Crippen molar-refractivity contribution in [3.63, 3.8) is 0 Å². The van der Waals surface area contributed by atoms with Gasteiger partial charge >= 0.3 is 0 Å². The SMILES string of the molecule is BrC1CCC(Cc2cccc3ccccc23)C1. The molecule has 0 bridgehead atoms. The Balaban J connectivity index is 1.90. The highest BCUT2D eigenvalue weighted by Crippen LogP contribution is 2.34. The lowest BCUT2D eigenvalue weighted by molar-refractivity contribution is 0.550. The van der Waals surface area contributed by atoms with Crippen LogP contribution in [0.15, 0.2) is 42.5 Å². The minimum absolute atomic E-state index is 0.752. The van der Waals surface area contributed by atoms with E-state index in [1.54, 1.807) is 0 Å². The van der Waals surface area contributed by atoms with E-state index in [9.17, 15) is 0 Å². The Hall–Kier alpha value is -0.820. The number of rotatable bonds is 2. The van der Waals surface area contributed by atoms with E-state index in [1.807, 2.05) is 0 Å². The topological polar surface area (TPSA) is 0 Å². The van der Waals surface area contributed by atoms with Crippen molar-refractivity contribution in [1.29, 1.82) is 0 Å².